The Labute approximate surface area is 193 Å². The summed E-state index contributed by atoms with van der Waals surface area (Å²) in [6, 6.07) is 9.87. The molecular formula is C22H26FN3O5S2. The van der Waals surface area contributed by atoms with Crippen LogP contribution in [0.15, 0.2) is 47.4 Å². The number of sulfonamides is 1. The molecule has 0 spiro atoms. The van der Waals surface area contributed by atoms with E-state index < -0.39 is 25.7 Å². The third-order valence-electron chi connectivity index (χ3n) is 6.14. The number of amides is 1. The number of anilines is 1. The lowest BCUT2D eigenvalue weighted by Gasteiger charge is -2.37. The molecule has 1 atom stereocenters. The molecular weight excluding hydrogens is 469 g/mol. The fourth-order valence-corrected chi connectivity index (χ4v) is 7.03. The molecule has 8 nitrogen and oxygen atoms in total. The molecule has 178 valence electrons. The van der Waals surface area contributed by atoms with Crippen LogP contribution < -0.4 is 4.72 Å². The molecule has 0 radical (unpaired) electrons. The number of carbonyl (C=O) groups excluding carboxylic acids is 1. The van der Waals surface area contributed by atoms with Crippen molar-refractivity contribution in [1.29, 1.82) is 0 Å². The van der Waals surface area contributed by atoms with E-state index in [1.165, 1.54) is 24.3 Å². The summed E-state index contributed by atoms with van der Waals surface area (Å²) in [4.78, 5) is 16.6. The Hall–Kier alpha value is -2.50. The van der Waals surface area contributed by atoms with Gasteiger partial charge < -0.3 is 4.90 Å². The van der Waals surface area contributed by atoms with Gasteiger partial charge >= 0.3 is 0 Å². The molecule has 2 aliphatic rings. The number of hydrogen-bond acceptors (Lipinski definition) is 6. The van der Waals surface area contributed by atoms with Crippen molar-refractivity contribution < 1.29 is 26.0 Å². The van der Waals surface area contributed by atoms with Gasteiger partial charge in [0.05, 0.1) is 16.4 Å². The predicted molar refractivity (Wildman–Crippen MR) is 123 cm³/mol. The van der Waals surface area contributed by atoms with Gasteiger partial charge in [-0.05, 0) is 49.2 Å². The molecule has 1 amide bonds. The Morgan fingerprint density at radius 2 is 1.82 bits per heavy atom. The van der Waals surface area contributed by atoms with Gasteiger partial charge in [0.2, 0.25) is 0 Å². The molecule has 0 aliphatic carbocycles. The highest BCUT2D eigenvalue weighted by Gasteiger charge is 2.34. The van der Waals surface area contributed by atoms with Crippen LogP contribution in [0.25, 0.3) is 0 Å². The fraction of sp³-hybridized carbons (Fsp3) is 0.409. The lowest BCUT2D eigenvalue weighted by atomic mass is 10.1. The van der Waals surface area contributed by atoms with Crippen molar-refractivity contribution in [2.45, 2.75) is 24.3 Å². The molecule has 2 fully saturated rings. The van der Waals surface area contributed by atoms with Crippen molar-refractivity contribution in [2.75, 3.05) is 42.4 Å². The van der Waals surface area contributed by atoms with Crippen molar-refractivity contribution in [3.05, 3.63) is 59.4 Å². The van der Waals surface area contributed by atoms with Crippen LogP contribution in [0.4, 0.5) is 10.1 Å². The number of carbonyl (C=O) groups is 1. The van der Waals surface area contributed by atoms with Gasteiger partial charge in [-0.15, -0.1) is 0 Å². The second-order valence-corrected chi connectivity index (χ2v) is 12.4. The van der Waals surface area contributed by atoms with Crippen LogP contribution >= 0.6 is 0 Å². The van der Waals surface area contributed by atoms with Crippen molar-refractivity contribution in [2.24, 2.45) is 0 Å². The Morgan fingerprint density at radius 1 is 1.09 bits per heavy atom. The molecule has 0 aromatic heterocycles. The highest BCUT2D eigenvalue weighted by molar-refractivity contribution is 7.92. The van der Waals surface area contributed by atoms with Gasteiger partial charge in [0.1, 0.15) is 5.82 Å². The van der Waals surface area contributed by atoms with Crippen LogP contribution in [-0.2, 0) is 19.9 Å². The van der Waals surface area contributed by atoms with E-state index in [0.717, 1.165) is 6.07 Å². The SMILES string of the molecule is Cc1ccc(S(=O)(=O)Nc2cccc(C(=O)N3CCN(C4CCS(=O)(=O)C4)CC3)c2)cc1F. The Bertz CT molecular complexity index is 1270. The summed E-state index contributed by atoms with van der Waals surface area (Å²) < 4.78 is 65.0. The summed E-state index contributed by atoms with van der Waals surface area (Å²) in [6.45, 7) is 3.67. The zero-order valence-electron chi connectivity index (χ0n) is 18.2. The molecule has 2 saturated heterocycles. The molecule has 11 heteroatoms. The minimum atomic E-state index is -4.02. The smallest absolute Gasteiger partial charge is 0.261 e. The summed E-state index contributed by atoms with van der Waals surface area (Å²) in [7, 11) is -6.98. The lowest BCUT2D eigenvalue weighted by Crippen LogP contribution is -2.52. The lowest BCUT2D eigenvalue weighted by molar-refractivity contribution is 0.0588. The van der Waals surface area contributed by atoms with Crippen LogP contribution in [0, 0.1) is 12.7 Å². The quantitative estimate of drug-likeness (QED) is 0.679. The molecule has 1 unspecified atom stereocenters. The zero-order chi connectivity index (χ0) is 23.8. The number of piperazine rings is 1. The summed E-state index contributed by atoms with van der Waals surface area (Å²) in [6.07, 6.45) is 0.628. The Morgan fingerprint density at radius 3 is 2.45 bits per heavy atom. The highest BCUT2D eigenvalue weighted by Crippen LogP contribution is 2.22. The highest BCUT2D eigenvalue weighted by atomic mass is 32.2. The molecule has 2 aromatic carbocycles. The third kappa shape index (κ3) is 5.36. The number of halogens is 1. The van der Waals surface area contributed by atoms with Crippen LogP contribution in [-0.4, -0.2) is 76.3 Å². The van der Waals surface area contributed by atoms with Gasteiger partial charge in [0.25, 0.3) is 15.9 Å². The van der Waals surface area contributed by atoms with E-state index in [1.807, 2.05) is 0 Å². The molecule has 33 heavy (non-hydrogen) atoms. The Balaban J connectivity index is 1.41. The predicted octanol–water partition coefficient (Wildman–Crippen LogP) is 1.88. The molecule has 0 saturated carbocycles. The van der Waals surface area contributed by atoms with Crippen LogP contribution in [0.3, 0.4) is 0 Å². The van der Waals surface area contributed by atoms with E-state index >= 15 is 0 Å². The van der Waals surface area contributed by atoms with E-state index in [0.29, 0.717) is 43.7 Å². The van der Waals surface area contributed by atoms with E-state index in [4.69, 9.17) is 0 Å². The summed E-state index contributed by atoms with van der Waals surface area (Å²) in [5, 5.41) is 0. The van der Waals surface area contributed by atoms with Gasteiger partial charge in [-0.3, -0.25) is 14.4 Å². The maximum atomic E-state index is 13.8. The van der Waals surface area contributed by atoms with Gasteiger partial charge in [0, 0.05) is 43.5 Å². The molecule has 0 bridgehead atoms. The standard InChI is InChI=1S/C22H26FN3O5S2/c1-16-5-6-20(14-21(16)23)33(30,31)24-18-4-2-3-17(13-18)22(27)26-10-8-25(9-11-26)19-7-12-32(28,29)15-19/h2-6,13-14,19,24H,7-12,15H2,1H3. The van der Waals surface area contributed by atoms with Crippen LogP contribution in [0.5, 0.6) is 0 Å². The van der Waals surface area contributed by atoms with E-state index in [-0.39, 0.29) is 34.0 Å². The number of benzene rings is 2. The normalized spacial score (nSPS) is 21.2. The molecule has 2 aliphatic heterocycles. The van der Waals surface area contributed by atoms with E-state index in [1.54, 1.807) is 24.0 Å². The minimum Gasteiger partial charge on any atom is -0.336 e. The monoisotopic (exact) mass is 495 g/mol. The maximum Gasteiger partial charge on any atom is 0.261 e. The van der Waals surface area contributed by atoms with Crippen LogP contribution in [0.2, 0.25) is 0 Å². The largest absolute Gasteiger partial charge is 0.336 e. The van der Waals surface area contributed by atoms with Gasteiger partial charge in [-0.1, -0.05) is 12.1 Å². The summed E-state index contributed by atoms with van der Waals surface area (Å²) >= 11 is 0. The molecule has 1 N–H and O–H groups in total. The van der Waals surface area contributed by atoms with E-state index in [9.17, 15) is 26.0 Å². The van der Waals surface area contributed by atoms with E-state index in [2.05, 4.69) is 9.62 Å². The van der Waals surface area contributed by atoms with Gasteiger partial charge in [-0.2, -0.15) is 0 Å². The number of nitrogens with one attached hydrogen (secondary N) is 1. The minimum absolute atomic E-state index is 0.0107. The first kappa shape index (κ1) is 23.7. The molecule has 4 rings (SSSR count). The van der Waals surface area contributed by atoms with Crippen molar-refractivity contribution in [3.63, 3.8) is 0 Å². The fourth-order valence-electron chi connectivity index (χ4n) is 4.21. The number of aryl methyl sites for hydroxylation is 1. The number of rotatable bonds is 5. The average Bonchev–Trinajstić information content (AvgIpc) is 3.14. The summed E-state index contributed by atoms with van der Waals surface area (Å²) in [5.74, 6) is -0.449. The Kier molecular flexibility index (Phi) is 6.47. The second-order valence-electron chi connectivity index (χ2n) is 8.48. The first-order valence-electron chi connectivity index (χ1n) is 10.7. The number of nitrogens with zero attached hydrogens (tertiary/aromatic N) is 2. The van der Waals surface area contributed by atoms with Crippen molar-refractivity contribution >= 4 is 31.5 Å². The van der Waals surface area contributed by atoms with Gasteiger partial charge in [-0.25, -0.2) is 21.2 Å². The molecule has 2 heterocycles. The van der Waals surface area contributed by atoms with Crippen LogP contribution in [0.1, 0.15) is 22.3 Å². The second kappa shape index (κ2) is 9.03. The summed E-state index contributed by atoms with van der Waals surface area (Å²) in [5.41, 5.74) is 0.884. The number of sulfone groups is 1. The number of hydrogen-bond donors (Lipinski definition) is 1. The van der Waals surface area contributed by atoms with Gasteiger partial charge in [0.15, 0.2) is 9.84 Å². The van der Waals surface area contributed by atoms with Crippen molar-refractivity contribution in [1.82, 2.24) is 9.80 Å². The first-order valence-corrected chi connectivity index (χ1v) is 14.0. The maximum absolute atomic E-state index is 13.8. The average molecular weight is 496 g/mol. The molecule has 2 aromatic rings. The zero-order valence-corrected chi connectivity index (χ0v) is 19.8. The topological polar surface area (TPSA) is 104 Å². The third-order valence-corrected chi connectivity index (χ3v) is 9.27. The first-order chi connectivity index (χ1) is 15.5. The van der Waals surface area contributed by atoms with Crippen molar-refractivity contribution in [3.8, 4) is 0 Å².